The Balaban J connectivity index is 1.26. The maximum absolute atomic E-state index is 13.4. The Bertz CT molecular complexity index is 1050. The predicted octanol–water partition coefficient (Wildman–Crippen LogP) is 2.47. The number of aromatic nitrogens is 3. The SMILES string of the molecule is O=C([C@@H]1CC1(F)F)N1C2CCC1CN(c1ccnc(Nc3cnc(OCCO)c(Cl)c3)n1)C2. The fourth-order valence-electron chi connectivity index (χ4n) is 4.57. The number of pyridine rings is 1. The second kappa shape index (κ2) is 8.53. The van der Waals surface area contributed by atoms with Crippen molar-refractivity contribution >= 4 is 35.0 Å². The largest absolute Gasteiger partial charge is 0.474 e. The molecule has 3 atom stereocenters. The second-order valence-electron chi connectivity index (χ2n) is 8.50. The van der Waals surface area contributed by atoms with Gasteiger partial charge in [-0.1, -0.05) is 11.6 Å². The molecule has 0 radical (unpaired) electrons. The standard InChI is InChI=1S/C21H23ClF2N6O3/c22-16-7-12(9-26-18(16)33-6-5-31)27-20-25-4-3-17(28-20)29-10-13-1-2-14(11-29)30(13)19(32)15-8-21(15,23)24/h3-4,7,9,13-15,31H,1-2,5-6,8,10-11H2,(H,25,27,28)/t13?,14?,15-/m0/s1. The first-order valence-electron chi connectivity index (χ1n) is 10.8. The van der Waals surface area contributed by atoms with Crippen molar-refractivity contribution < 1.29 is 23.4 Å². The summed E-state index contributed by atoms with van der Waals surface area (Å²) in [6, 6.07) is 3.23. The zero-order valence-electron chi connectivity index (χ0n) is 17.6. The molecule has 12 heteroatoms. The first-order chi connectivity index (χ1) is 15.9. The van der Waals surface area contributed by atoms with Crippen LogP contribution in [0.15, 0.2) is 24.5 Å². The van der Waals surface area contributed by atoms with Crippen molar-refractivity contribution in [1.29, 1.82) is 0 Å². The Morgan fingerprint density at radius 1 is 1.30 bits per heavy atom. The number of ether oxygens (including phenoxy) is 1. The van der Waals surface area contributed by atoms with Crippen LogP contribution in [0.25, 0.3) is 0 Å². The minimum atomic E-state index is -2.85. The van der Waals surface area contributed by atoms with Gasteiger partial charge in [0.2, 0.25) is 17.7 Å². The summed E-state index contributed by atoms with van der Waals surface area (Å²) in [5, 5.41) is 12.2. The van der Waals surface area contributed by atoms with E-state index in [4.69, 9.17) is 21.4 Å². The molecule has 2 N–H and O–H groups in total. The number of piperazine rings is 1. The third kappa shape index (κ3) is 4.39. The zero-order valence-corrected chi connectivity index (χ0v) is 18.4. The molecule has 0 aromatic carbocycles. The minimum Gasteiger partial charge on any atom is -0.474 e. The maximum atomic E-state index is 13.4. The van der Waals surface area contributed by atoms with Crippen molar-refractivity contribution in [2.24, 2.45) is 5.92 Å². The number of aliphatic hydroxyl groups is 1. The summed E-state index contributed by atoms with van der Waals surface area (Å²) in [5.74, 6) is -3.15. The number of hydrogen-bond acceptors (Lipinski definition) is 8. The fraction of sp³-hybridized carbons (Fsp3) is 0.524. The van der Waals surface area contributed by atoms with E-state index in [1.807, 2.05) is 0 Å². The van der Waals surface area contributed by atoms with Gasteiger partial charge in [0, 0.05) is 37.8 Å². The Morgan fingerprint density at radius 2 is 2.03 bits per heavy atom. The van der Waals surface area contributed by atoms with Crippen LogP contribution in [0.4, 0.5) is 26.2 Å². The van der Waals surface area contributed by atoms with Crippen LogP contribution in [0.5, 0.6) is 5.88 Å². The van der Waals surface area contributed by atoms with Gasteiger partial charge >= 0.3 is 0 Å². The van der Waals surface area contributed by atoms with Crippen LogP contribution in [0, 0.1) is 5.92 Å². The van der Waals surface area contributed by atoms with Gasteiger partial charge in [-0.3, -0.25) is 4.79 Å². The minimum absolute atomic E-state index is 0.0894. The molecule has 33 heavy (non-hydrogen) atoms. The van der Waals surface area contributed by atoms with Crippen molar-refractivity contribution in [2.45, 2.75) is 37.3 Å². The van der Waals surface area contributed by atoms with Crippen LogP contribution in [-0.2, 0) is 4.79 Å². The van der Waals surface area contributed by atoms with Gasteiger partial charge in [0.25, 0.3) is 5.92 Å². The summed E-state index contributed by atoms with van der Waals surface area (Å²) >= 11 is 6.17. The third-order valence-electron chi connectivity index (χ3n) is 6.22. The van der Waals surface area contributed by atoms with Crippen LogP contribution >= 0.6 is 11.6 Å². The Kier molecular flexibility index (Phi) is 5.69. The molecule has 3 fully saturated rings. The summed E-state index contributed by atoms with van der Waals surface area (Å²) < 4.78 is 32.1. The molecule has 5 rings (SSSR count). The quantitative estimate of drug-likeness (QED) is 0.623. The van der Waals surface area contributed by atoms with Crippen molar-refractivity contribution in [3.8, 4) is 5.88 Å². The molecule has 1 amide bonds. The monoisotopic (exact) mass is 480 g/mol. The lowest BCUT2D eigenvalue weighted by atomic mass is 10.1. The first kappa shape index (κ1) is 22.0. The van der Waals surface area contributed by atoms with Gasteiger partial charge in [0.1, 0.15) is 23.4 Å². The molecule has 2 aromatic rings. The average Bonchev–Trinajstić information content (AvgIpc) is 3.35. The van der Waals surface area contributed by atoms with Crippen molar-refractivity contribution in [3.05, 3.63) is 29.5 Å². The smallest absolute Gasteiger partial charge is 0.260 e. The van der Waals surface area contributed by atoms with Gasteiger partial charge in [-0.25, -0.2) is 18.7 Å². The van der Waals surface area contributed by atoms with E-state index in [-0.39, 0.29) is 42.6 Å². The zero-order chi connectivity index (χ0) is 23.2. The van der Waals surface area contributed by atoms with Gasteiger partial charge in [-0.05, 0) is 25.0 Å². The highest BCUT2D eigenvalue weighted by atomic mass is 35.5. The van der Waals surface area contributed by atoms with Crippen molar-refractivity contribution in [3.63, 3.8) is 0 Å². The van der Waals surface area contributed by atoms with E-state index in [2.05, 4.69) is 25.2 Å². The van der Waals surface area contributed by atoms with E-state index >= 15 is 0 Å². The normalized spacial score (nSPS) is 25.2. The lowest BCUT2D eigenvalue weighted by Gasteiger charge is -2.41. The number of halogens is 3. The Morgan fingerprint density at radius 3 is 2.67 bits per heavy atom. The van der Waals surface area contributed by atoms with E-state index in [1.165, 1.54) is 6.20 Å². The number of hydrogen-bond donors (Lipinski definition) is 2. The van der Waals surface area contributed by atoms with E-state index in [1.54, 1.807) is 23.2 Å². The number of aliphatic hydroxyl groups excluding tert-OH is 1. The summed E-state index contributed by atoms with van der Waals surface area (Å²) in [7, 11) is 0. The highest BCUT2D eigenvalue weighted by Crippen LogP contribution is 2.51. The van der Waals surface area contributed by atoms with Crippen molar-refractivity contribution in [2.75, 3.05) is 36.5 Å². The molecule has 2 aromatic heterocycles. The first-order valence-corrected chi connectivity index (χ1v) is 11.2. The number of alkyl halides is 2. The number of nitrogens with one attached hydrogen (secondary N) is 1. The predicted molar refractivity (Wildman–Crippen MR) is 116 cm³/mol. The summed E-state index contributed by atoms with van der Waals surface area (Å²) in [5.41, 5.74) is 0.564. The van der Waals surface area contributed by atoms with E-state index in [0.717, 1.165) is 12.8 Å². The number of anilines is 3. The average molecular weight is 481 g/mol. The van der Waals surface area contributed by atoms with Crippen LogP contribution in [0.2, 0.25) is 5.02 Å². The number of amides is 1. The molecule has 2 bridgehead atoms. The van der Waals surface area contributed by atoms with E-state index in [0.29, 0.717) is 30.5 Å². The summed E-state index contributed by atoms with van der Waals surface area (Å²) in [6.07, 6.45) is 4.42. The number of nitrogens with zero attached hydrogens (tertiary/aromatic N) is 5. The van der Waals surface area contributed by atoms with E-state index in [9.17, 15) is 13.6 Å². The van der Waals surface area contributed by atoms with Gasteiger partial charge in [0.05, 0.1) is 18.5 Å². The molecule has 1 saturated carbocycles. The molecule has 4 heterocycles. The Hall–Kier alpha value is -2.79. The van der Waals surface area contributed by atoms with Gasteiger partial charge in [-0.15, -0.1) is 0 Å². The third-order valence-corrected chi connectivity index (χ3v) is 6.49. The molecular formula is C21H23ClF2N6O3. The van der Waals surface area contributed by atoms with Gasteiger partial charge in [-0.2, -0.15) is 4.98 Å². The number of rotatable bonds is 7. The van der Waals surface area contributed by atoms with Crippen molar-refractivity contribution in [1.82, 2.24) is 19.9 Å². The highest BCUT2D eigenvalue weighted by Gasteiger charge is 2.64. The number of carbonyl (C=O) groups excluding carboxylic acids is 1. The topological polar surface area (TPSA) is 104 Å². The maximum Gasteiger partial charge on any atom is 0.260 e. The molecular weight excluding hydrogens is 458 g/mol. The summed E-state index contributed by atoms with van der Waals surface area (Å²) in [4.78, 5) is 29.3. The molecule has 1 aliphatic carbocycles. The van der Waals surface area contributed by atoms with Crippen LogP contribution in [-0.4, -0.2) is 75.2 Å². The lowest BCUT2D eigenvalue weighted by Crippen LogP contribution is -2.56. The molecule has 9 nitrogen and oxygen atoms in total. The van der Waals surface area contributed by atoms with Crippen LogP contribution in [0.1, 0.15) is 19.3 Å². The highest BCUT2D eigenvalue weighted by molar-refractivity contribution is 6.32. The molecule has 176 valence electrons. The molecule has 3 aliphatic rings. The number of fused-ring (bicyclic) bond motifs is 2. The second-order valence-corrected chi connectivity index (χ2v) is 8.91. The molecule has 0 spiro atoms. The molecule has 2 aliphatic heterocycles. The summed E-state index contributed by atoms with van der Waals surface area (Å²) in [6.45, 7) is 1.03. The van der Waals surface area contributed by atoms with Crippen LogP contribution in [0.3, 0.4) is 0 Å². The Labute approximate surface area is 193 Å². The number of carbonyl (C=O) groups is 1. The molecule has 2 unspecified atom stereocenters. The lowest BCUT2D eigenvalue weighted by molar-refractivity contribution is -0.138. The van der Waals surface area contributed by atoms with E-state index < -0.39 is 17.7 Å². The fourth-order valence-corrected chi connectivity index (χ4v) is 4.79. The molecule has 2 saturated heterocycles. The van der Waals surface area contributed by atoms with Gasteiger partial charge in [0.15, 0.2) is 0 Å². The van der Waals surface area contributed by atoms with Crippen LogP contribution < -0.4 is 15.0 Å². The van der Waals surface area contributed by atoms with Gasteiger partial charge < -0.3 is 25.0 Å².